The number of carbonyl (C=O) groups is 2. The lowest BCUT2D eigenvalue weighted by molar-refractivity contribution is -0.143. The summed E-state index contributed by atoms with van der Waals surface area (Å²) in [5.41, 5.74) is 7.25. The molecule has 5 nitrogen and oxygen atoms in total. The molecule has 1 amide bonds. The van der Waals surface area contributed by atoms with Gasteiger partial charge in [-0.1, -0.05) is 12.1 Å². The molecule has 0 unspecified atom stereocenters. The number of carboxylic acids is 1. The van der Waals surface area contributed by atoms with Crippen LogP contribution in [-0.4, -0.2) is 23.5 Å². The molecule has 1 aromatic rings. The Kier molecular flexibility index (Phi) is 5.20. The maximum Gasteiger partial charge on any atom is 0.306 e. The lowest BCUT2D eigenvalue weighted by Gasteiger charge is -2.26. The molecular formula is C16H22N2O3. The van der Waals surface area contributed by atoms with Crippen LogP contribution in [0, 0.1) is 11.8 Å². The number of aliphatic carboxylic acids is 1. The molecule has 1 aliphatic rings. The fraction of sp³-hybridized carbons (Fsp3) is 0.500. The standard InChI is InChI=1S/C16H22N2O3/c17-14-3-1-2-12(8-14)9-15(19)18-10-11-4-6-13(7-5-11)16(20)21/h1-3,8,11,13H,4-7,9-10,17H2,(H,18,19)(H,20,21). The van der Waals surface area contributed by atoms with Crippen molar-refractivity contribution in [1.29, 1.82) is 0 Å². The minimum Gasteiger partial charge on any atom is -0.481 e. The largest absolute Gasteiger partial charge is 0.481 e. The molecule has 0 spiro atoms. The number of nitrogens with two attached hydrogens (primary N) is 1. The number of carboxylic acid groups (broad SMARTS) is 1. The normalized spacial score (nSPS) is 21.7. The summed E-state index contributed by atoms with van der Waals surface area (Å²) in [5.74, 6) is -0.519. The highest BCUT2D eigenvalue weighted by Gasteiger charge is 2.25. The van der Waals surface area contributed by atoms with E-state index >= 15 is 0 Å². The van der Waals surface area contributed by atoms with E-state index in [1.165, 1.54) is 0 Å². The minimum atomic E-state index is -0.695. The summed E-state index contributed by atoms with van der Waals surface area (Å²) in [6, 6.07) is 7.32. The van der Waals surface area contributed by atoms with E-state index in [1.807, 2.05) is 12.1 Å². The Bertz CT molecular complexity index is 508. The lowest BCUT2D eigenvalue weighted by Crippen LogP contribution is -2.33. The third-order valence-electron chi connectivity index (χ3n) is 4.10. The van der Waals surface area contributed by atoms with Gasteiger partial charge in [0.25, 0.3) is 0 Å². The number of rotatable bonds is 5. The van der Waals surface area contributed by atoms with Crippen molar-refractivity contribution in [3.05, 3.63) is 29.8 Å². The number of carbonyl (C=O) groups excluding carboxylic acids is 1. The summed E-state index contributed by atoms with van der Waals surface area (Å²) in [6.45, 7) is 0.632. The van der Waals surface area contributed by atoms with E-state index in [9.17, 15) is 9.59 Å². The van der Waals surface area contributed by atoms with Gasteiger partial charge in [-0.2, -0.15) is 0 Å². The minimum absolute atomic E-state index is 0.0130. The van der Waals surface area contributed by atoms with Crippen LogP contribution in [-0.2, 0) is 16.0 Å². The number of nitrogen functional groups attached to an aromatic ring is 1. The Morgan fingerprint density at radius 3 is 2.57 bits per heavy atom. The second kappa shape index (κ2) is 7.11. The quantitative estimate of drug-likeness (QED) is 0.721. The molecule has 114 valence electrons. The summed E-state index contributed by atoms with van der Waals surface area (Å²) in [4.78, 5) is 22.8. The van der Waals surface area contributed by atoms with E-state index in [2.05, 4.69) is 5.32 Å². The first kappa shape index (κ1) is 15.4. The average Bonchev–Trinajstić information content (AvgIpc) is 2.45. The van der Waals surface area contributed by atoms with Gasteiger partial charge in [-0.3, -0.25) is 9.59 Å². The molecule has 0 atom stereocenters. The van der Waals surface area contributed by atoms with Crippen molar-refractivity contribution in [3.63, 3.8) is 0 Å². The van der Waals surface area contributed by atoms with E-state index in [-0.39, 0.29) is 11.8 Å². The Morgan fingerprint density at radius 1 is 1.24 bits per heavy atom. The zero-order valence-corrected chi connectivity index (χ0v) is 12.0. The van der Waals surface area contributed by atoms with Gasteiger partial charge in [-0.15, -0.1) is 0 Å². The Labute approximate surface area is 124 Å². The predicted octanol–water partition coefficient (Wildman–Crippen LogP) is 1.82. The van der Waals surface area contributed by atoms with E-state index in [1.54, 1.807) is 12.1 Å². The highest BCUT2D eigenvalue weighted by Crippen LogP contribution is 2.28. The molecule has 0 aliphatic heterocycles. The summed E-state index contributed by atoms with van der Waals surface area (Å²) < 4.78 is 0. The Balaban J connectivity index is 1.71. The van der Waals surface area contributed by atoms with Crippen LogP contribution in [0.4, 0.5) is 5.69 Å². The van der Waals surface area contributed by atoms with Crippen molar-refractivity contribution in [2.24, 2.45) is 11.8 Å². The summed E-state index contributed by atoms with van der Waals surface area (Å²) >= 11 is 0. The number of hydrogen-bond acceptors (Lipinski definition) is 3. The van der Waals surface area contributed by atoms with E-state index in [0.29, 0.717) is 37.4 Å². The molecular weight excluding hydrogens is 268 g/mol. The van der Waals surface area contributed by atoms with Crippen molar-refractivity contribution in [2.45, 2.75) is 32.1 Å². The van der Waals surface area contributed by atoms with Gasteiger partial charge >= 0.3 is 5.97 Å². The molecule has 0 heterocycles. The molecule has 0 bridgehead atoms. The fourth-order valence-corrected chi connectivity index (χ4v) is 2.82. The van der Waals surface area contributed by atoms with Crippen molar-refractivity contribution < 1.29 is 14.7 Å². The smallest absolute Gasteiger partial charge is 0.306 e. The number of amides is 1. The van der Waals surface area contributed by atoms with Crippen LogP contribution in [0.5, 0.6) is 0 Å². The maximum atomic E-state index is 11.9. The third-order valence-corrected chi connectivity index (χ3v) is 4.10. The summed E-state index contributed by atoms with van der Waals surface area (Å²) in [7, 11) is 0. The summed E-state index contributed by atoms with van der Waals surface area (Å²) in [5, 5.41) is 11.9. The third kappa shape index (κ3) is 4.77. The Hall–Kier alpha value is -2.04. The van der Waals surface area contributed by atoms with Gasteiger partial charge in [0.1, 0.15) is 0 Å². The van der Waals surface area contributed by atoms with Gasteiger partial charge < -0.3 is 16.2 Å². The molecule has 4 N–H and O–H groups in total. The second-order valence-electron chi connectivity index (χ2n) is 5.78. The van der Waals surface area contributed by atoms with Crippen LogP contribution in [0.2, 0.25) is 0 Å². The molecule has 1 saturated carbocycles. The van der Waals surface area contributed by atoms with Crippen LogP contribution < -0.4 is 11.1 Å². The van der Waals surface area contributed by atoms with Crippen molar-refractivity contribution in [1.82, 2.24) is 5.32 Å². The van der Waals surface area contributed by atoms with Gasteiger partial charge in [-0.25, -0.2) is 0 Å². The van der Waals surface area contributed by atoms with Crippen LogP contribution in [0.1, 0.15) is 31.2 Å². The second-order valence-corrected chi connectivity index (χ2v) is 5.78. The molecule has 0 aromatic heterocycles. The SMILES string of the molecule is Nc1cccc(CC(=O)NCC2CCC(C(=O)O)CC2)c1. The maximum absolute atomic E-state index is 11.9. The number of benzene rings is 1. The number of nitrogens with one attached hydrogen (secondary N) is 1. The van der Waals surface area contributed by atoms with Crippen LogP contribution >= 0.6 is 0 Å². The predicted molar refractivity (Wildman–Crippen MR) is 80.7 cm³/mol. The highest BCUT2D eigenvalue weighted by atomic mass is 16.4. The van der Waals surface area contributed by atoms with Gasteiger partial charge in [0.05, 0.1) is 12.3 Å². The van der Waals surface area contributed by atoms with Gasteiger partial charge in [0.15, 0.2) is 0 Å². The number of anilines is 1. The monoisotopic (exact) mass is 290 g/mol. The zero-order valence-electron chi connectivity index (χ0n) is 12.0. The van der Waals surface area contributed by atoms with Crippen molar-refractivity contribution in [3.8, 4) is 0 Å². The average molecular weight is 290 g/mol. The van der Waals surface area contributed by atoms with Gasteiger partial charge in [0, 0.05) is 12.2 Å². The molecule has 0 radical (unpaired) electrons. The van der Waals surface area contributed by atoms with Gasteiger partial charge in [0.2, 0.25) is 5.91 Å². The van der Waals surface area contributed by atoms with Crippen LogP contribution in [0.3, 0.4) is 0 Å². The molecule has 2 rings (SSSR count). The molecule has 1 aromatic carbocycles. The topological polar surface area (TPSA) is 92.4 Å². The summed E-state index contributed by atoms with van der Waals surface area (Å²) in [6.07, 6.45) is 3.50. The first-order valence-corrected chi connectivity index (χ1v) is 7.38. The first-order valence-electron chi connectivity index (χ1n) is 7.38. The Morgan fingerprint density at radius 2 is 1.95 bits per heavy atom. The molecule has 1 fully saturated rings. The molecule has 0 saturated heterocycles. The zero-order chi connectivity index (χ0) is 15.2. The van der Waals surface area contributed by atoms with Gasteiger partial charge in [-0.05, 0) is 49.3 Å². The van der Waals surface area contributed by atoms with E-state index < -0.39 is 5.97 Å². The fourth-order valence-electron chi connectivity index (χ4n) is 2.82. The van der Waals surface area contributed by atoms with Crippen molar-refractivity contribution in [2.75, 3.05) is 12.3 Å². The molecule has 1 aliphatic carbocycles. The van der Waals surface area contributed by atoms with Crippen LogP contribution in [0.15, 0.2) is 24.3 Å². The van der Waals surface area contributed by atoms with E-state index in [0.717, 1.165) is 18.4 Å². The lowest BCUT2D eigenvalue weighted by atomic mass is 9.82. The molecule has 5 heteroatoms. The van der Waals surface area contributed by atoms with E-state index in [4.69, 9.17) is 10.8 Å². The number of hydrogen-bond donors (Lipinski definition) is 3. The molecule has 21 heavy (non-hydrogen) atoms. The first-order chi connectivity index (χ1) is 10.0. The van der Waals surface area contributed by atoms with Crippen molar-refractivity contribution >= 4 is 17.6 Å². The highest BCUT2D eigenvalue weighted by molar-refractivity contribution is 5.78. The van der Waals surface area contributed by atoms with Crippen LogP contribution in [0.25, 0.3) is 0 Å².